The van der Waals surface area contributed by atoms with Crippen molar-refractivity contribution in [1.82, 2.24) is 24.8 Å². The second-order valence-electron chi connectivity index (χ2n) is 5.20. The lowest BCUT2D eigenvalue weighted by Crippen LogP contribution is -2.25. The third-order valence-electron chi connectivity index (χ3n) is 3.37. The molecule has 0 saturated carbocycles. The number of rotatable bonds is 4. The van der Waals surface area contributed by atoms with Crippen LogP contribution in [-0.2, 0) is 17.5 Å². The van der Waals surface area contributed by atoms with Gasteiger partial charge in [0, 0.05) is 22.6 Å². The van der Waals surface area contributed by atoms with Gasteiger partial charge < -0.3 is 4.42 Å². The van der Waals surface area contributed by atoms with E-state index in [4.69, 9.17) is 4.42 Å². The van der Waals surface area contributed by atoms with Gasteiger partial charge in [-0.3, -0.25) is 8.78 Å². The highest BCUT2D eigenvalue weighted by molar-refractivity contribution is 7.84. The average Bonchev–Trinajstić information content (AvgIpc) is 3.21. The Kier molecular flexibility index (Phi) is 3.65. The Labute approximate surface area is 139 Å². The predicted molar refractivity (Wildman–Crippen MR) is 86.2 cm³/mol. The molecule has 0 amide bonds. The van der Waals surface area contributed by atoms with Crippen LogP contribution in [0.15, 0.2) is 51.4 Å². The molecule has 10 heteroatoms. The highest BCUT2D eigenvalue weighted by Gasteiger charge is 2.23. The van der Waals surface area contributed by atoms with Crippen LogP contribution in [0.5, 0.6) is 0 Å². The van der Waals surface area contributed by atoms with Gasteiger partial charge in [0.25, 0.3) is 5.89 Å². The number of hydrogen-bond acceptors (Lipinski definition) is 8. The largest absolute Gasteiger partial charge is 0.414 e. The summed E-state index contributed by atoms with van der Waals surface area (Å²) >= 11 is 0. The fraction of sp³-hybridized carbons (Fsp3) is 0.214. The lowest BCUT2D eigenvalue weighted by Gasteiger charge is -2.20. The van der Waals surface area contributed by atoms with E-state index in [1.807, 2.05) is 30.3 Å². The van der Waals surface area contributed by atoms with Crippen LogP contribution in [0, 0.1) is 0 Å². The minimum absolute atomic E-state index is 0.286. The minimum atomic E-state index is -0.989. The highest BCUT2D eigenvalue weighted by Crippen LogP contribution is 2.32. The van der Waals surface area contributed by atoms with Gasteiger partial charge >= 0.3 is 0 Å². The van der Waals surface area contributed by atoms with Gasteiger partial charge in [0.1, 0.15) is 12.5 Å². The first kappa shape index (κ1) is 14.7. The molecule has 3 heterocycles. The summed E-state index contributed by atoms with van der Waals surface area (Å²) in [5.41, 5.74) is 1.31. The van der Waals surface area contributed by atoms with Crippen LogP contribution < -0.4 is 0 Å². The number of nitrogens with zero attached hydrogens (tertiary/aromatic N) is 7. The second kappa shape index (κ2) is 5.96. The molecule has 1 aliphatic heterocycles. The molecular weight excluding hydrogens is 330 g/mol. The van der Waals surface area contributed by atoms with E-state index < -0.39 is 10.8 Å². The maximum absolute atomic E-state index is 11.3. The molecule has 4 rings (SSSR count). The van der Waals surface area contributed by atoms with Gasteiger partial charge in [-0.2, -0.15) is 0 Å². The zero-order valence-corrected chi connectivity index (χ0v) is 13.6. The van der Waals surface area contributed by atoms with Gasteiger partial charge in [-0.25, -0.2) is 9.99 Å². The van der Waals surface area contributed by atoms with E-state index in [9.17, 15) is 4.21 Å². The van der Waals surface area contributed by atoms with Crippen molar-refractivity contribution >= 4 is 16.6 Å². The van der Waals surface area contributed by atoms with Crippen molar-refractivity contribution in [3.8, 4) is 23.0 Å². The molecule has 1 atom stereocenters. The SMILES string of the molecule is CS(=O)CN1Cn2cnc(-c3nnc(-c4ccccc4)o3)c2N=N1. The van der Waals surface area contributed by atoms with E-state index in [-0.39, 0.29) is 5.89 Å². The molecule has 122 valence electrons. The summed E-state index contributed by atoms with van der Waals surface area (Å²) in [5, 5.41) is 17.9. The van der Waals surface area contributed by atoms with Crippen LogP contribution in [0.3, 0.4) is 0 Å². The monoisotopic (exact) mass is 343 g/mol. The van der Waals surface area contributed by atoms with Gasteiger partial charge in [-0.05, 0) is 12.1 Å². The first-order chi connectivity index (χ1) is 11.7. The standard InChI is InChI=1S/C14H13N7O2S/c1-24(22)9-21-8-20-7-15-11(12(20)16-19-21)14-18-17-13(23-14)10-5-3-2-4-6-10/h2-7H,8-9H2,1H3. The molecule has 0 radical (unpaired) electrons. The molecule has 1 aliphatic rings. The topological polar surface area (TPSA) is 102 Å². The normalized spacial score (nSPS) is 14.6. The maximum atomic E-state index is 11.3. The maximum Gasteiger partial charge on any atom is 0.270 e. The number of benzene rings is 1. The molecule has 2 aromatic heterocycles. The fourth-order valence-corrected chi connectivity index (χ4v) is 2.89. The Bertz CT molecular complexity index is 918. The molecule has 1 unspecified atom stereocenters. The summed E-state index contributed by atoms with van der Waals surface area (Å²) < 4.78 is 18.8. The second-order valence-corrected chi connectivity index (χ2v) is 6.61. The minimum Gasteiger partial charge on any atom is -0.414 e. The summed E-state index contributed by atoms with van der Waals surface area (Å²) in [7, 11) is -0.989. The quantitative estimate of drug-likeness (QED) is 0.720. The van der Waals surface area contributed by atoms with Crippen LogP contribution in [0.2, 0.25) is 0 Å². The molecule has 3 aromatic rings. The van der Waals surface area contributed by atoms with E-state index in [2.05, 4.69) is 25.5 Å². The van der Waals surface area contributed by atoms with E-state index in [1.54, 1.807) is 22.2 Å². The van der Waals surface area contributed by atoms with E-state index in [1.165, 1.54) is 0 Å². The molecule has 1 aromatic carbocycles. The summed E-state index contributed by atoms with van der Waals surface area (Å²) in [6, 6.07) is 9.50. The Hall–Kier alpha value is -2.88. The third-order valence-corrected chi connectivity index (χ3v) is 4.03. The molecular formula is C14H13N7O2S. The molecule has 0 saturated heterocycles. The molecule has 24 heavy (non-hydrogen) atoms. The number of aromatic nitrogens is 4. The van der Waals surface area contributed by atoms with Crippen LogP contribution in [-0.4, -0.2) is 41.1 Å². The van der Waals surface area contributed by atoms with Crippen molar-refractivity contribution < 1.29 is 8.63 Å². The number of fused-ring (bicyclic) bond motifs is 1. The molecule has 0 bridgehead atoms. The van der Waals surface area contributed by atoms with Crippen molar-refractivity contribution in [2.24, 2.45) is 10.3 Å². The van der Waals surface area contributed by atoms with Crippen LogP contribution in [0.25, 0.3) is 23.0 Å². The summed E-state index contributed by atoms with van der Waals surface area (Å²) in [4.78, 5) is 4.30. The smallest absolute Gasteiger partial charge is 0.270 e. The zero-order chi connectivity index (χ0) is 16.5. The van der Waals surface area contributed by atoms with Crippen molar-refractivity contribution in [3.63, 3.8) is 0 Å². The average molecular weight is 343 g/mol. The lowest BCUT2D eigenvalue weighted by atomic mass is 10.2. The van der Waals surface area contributed by atoms with Crippen molar-refractivity contribution in [2.75, 3.05) is 12.1 Å². The molecule has 0 aliphatic carbocycles. The van der Waals surface area contributed by atoms with Gasteiger partial charge in [-0.15, -0.1) is 15.3 Å². The first-order valence-electron chi connectivity index (χ1n) is 7.12. The number of imidazole rings is 1. The Balaban J connectivity index is 1.63. The predicted octanol–water partition coefficient (Wildman–Crippen LogP) is 2.21. The summed E-state index contributed by atoms with van der Waals surface area (Å²) in [6.07, 6.45) is 3.24. The van der Waals surface area contributed by atoms with E-state index in [0.29, 0.717) is 29.9 Å². The Morgan fingerprint density at radius 3 is 2.79 bits per heavy atom. The van der Waals surface area contributed by atoms with Crippen LogP contribution in [0.1, 0.15) is 0 Å². The van der Waals surface area contributed by atoms with Crippen molar-refractivity contribution in [3.05, 3.63) is 36.7 Å². The van der Waals surface area contributed by atoms with Crippen molar-refractivity contribution in [2.45, 2.75) is 6.67 Å². The van der Waals surface area contributed by atoms with Gasteiger partial charge in [0.2, 0.25) is 5.89 Å². The van der Waals surface area contributed by atoms with Crippen LogP contribution in [0.4, 0.5) is 5.82 Å². The molecule has 9 nitrogen and oxygen atoms in total. The lowest BCUT2D eigenvalue weighted by molar-refractivity contribution is 0.235. The fourth-order valence-electron chi connectivity index (χ4n) is 2.34. The zero-order valence-electron chi connectivity index (χ0n) is 12.7. The summed E-state index contributed by atoms with van der Waals surface area (Å²) in [5.74, 6) is 1.56. The van der Waals surface area contributed by atoms with Crippen LogP contribution >= 0.6 is 0 Å². The van der Waals surface area contributed by atoms with Gasteiger partial charge in [-0.1, -0.05) is 23.4 Å². The van der Waals surface area contributed by atoms with Crippen molar-refractivity contribution in [1.29, 1.82) is 0 Å². The Morgan fingerprint density at radius 2 is 2.00 bits per heavy atom. The van der Waals surface area contributed by atoms with Gasteiger partial charge in [0.15, 0.2) is 11.5 Å². The number of hydrogen-bond donors (Lipinski definition) is 0. The summed E-state index contributed by atoms with van der Waals surface area (Å²) in [6.45, 7) is 0.422. The molecule has 0 N–H and O–H groups in total. The van der Waals surface area contributed by atoms with E-state index >= 15 is 0 Å². The molecule has 0 fully saturated rings. The van der Waals surface area contributed by atoms with Gasteiger partial charge in [0.05, 0.1) is 6.33 Å². The first-order valence-corrected chi connectivity index (χ1v) is 8.84. The third kappa shape index (κ3) is 2.71. The van der Waals surface area contributed by atoms with E-state index in [0.717, 1.165) is 5.56 Å². The Morgan fingerprint density at radius 1 is 1.21 bits per heavy atom. The highest BCUT2D eigenvalue weighted by atomic mass is 32.2. The molecule has 0 spiro atoms.